The number of likely N-dealkylation sites (N-methyl/N-ethyl adjacent to an activating group) is 1. The molecule has 0 saturated carbocycles. The average molecular weight is 156 g/mol. The fraction of sp³-hybridized carbons (Fsp3) is 0.500. The van der Waals surface area contributed by atoms with Gasteiger partial charge >= 0.3 is 0 Å². The Morgan fingerprint density at radius 1 is 1.64 bits per heavy atom. The van der Waals surface area contributed by atoms with Gasteiger partial charge in [-0.1, -0.05) is 6.08 Å². The predicted octanol–water partition coefficient (Wildman–Crippen LogP) is 0.979. The Balaban J connectivity index is 3.68. The zero-order valence-electron chi connectivity index (χ0n) is 6.99. The van der Waals surface area contributed by atoms with Crippen molar-refractivity contribution in [2.75, 3.05) is 20.1 Å². The van der Waals surface area contributed by atoms with E-state index in [1.807, 2.05) is 0 Å². The lowest BCUT2D eigenvalue weighted by Gasteiger charge is -2.37. The van der Waals surface area contributed by atoms with Crippen LogP contribution in [0.25, 0.3) is 0 Å². The molecule has 0 aromatic carbocycles. The van der Waals surface area contributed by atoms with Crippen LogP contribution in [0.2, 0.25) is 0 Å². The van der Waals surface area contributed by atoms with Crippen LogP contribution in [-0.2, 0) is 0 Å². The van der Waals surface area contributed by atoms with Gasteiger partial charge in [-0.25, -0.2) is 0 Å². The Labute approximate surface area is 68.0 Å². The van der Waals surface area contributed by atoms with Crippen molar-refractivity contribution in [3.8, 4) is 0 Å². The minimum atomic E-state index is -0.278. The Morgan fingerprint density at radius 3 is 2.73 bits per heavy atom. The molecule has 3 nitrogen and oxygen atoms in total. The molecule has 0 heterocycles. The summed E-state index contributed by atoms with van der Waals surface area (Å²) in [5, 5.41) is 11.4. The summed E-state index contributed by atoms with van der Waals surface area (Å²) in [6.45, 7) is 4.55. The van der Waals surface area contributed by atoms with Crippen LogP contribution < -0.4 is 5.73 Å². The van der Waals surface area contributed by atoms with Crippen molar-refractivity contribution < 1.29 is 4.65 Å². The molecule has 0 aliphatic rings. The molecular formula is C8H16N2O. The normalized spacial score (nSPS) is 16.5. The zero-order chi connectivity index (χ0) is 8.74. The molecule has 0 aromatic heterocycles. The maximum Gasteiger partial charge on any atom is 0.0986 e. The number of hydrogen-bond donors (Lipinski definition) is 1. The molecule has 0 amide bonds. The van der Waals surface area contributed by atoms with Gasteiger partial charge in [0.1, 0.15) is 0 Å². The standard InChI is InChI=1S/C8H16N2O/c1-3-4-7-10(2,11)8-5-6-9/h3,5-6H,1,4,7-9H2,2H3. The second-order valence-electron chi connectivity index (χ2n) is 2.71. The average Bonchev–Trinajstić information content (AvgIpc) is 1.97. The quantitative estimate of drug-likeness (QED) is 0.366. The van der Waals surface area contributed by atoms with Crippen molar-refractivity contribution in [1.29, 1.82) is 0 Å². The molecule has 0 fully saturated rings. The van der Waals surface area contributed by atoms with E-state index in [0.29, 0.717) is 13.1 Å². The maximum absolute atomic E-state index is 11.4. The highest BCUT2D eigenvalue weighted by atomic mass is 16.5. The third kappa shape index (κ3) is 5.63. The van der Waals surface area contributed by atoms with Gasteiger partial charge < -0.3 is 15.6 Å². The molecular weight excluding hydrogens is 140 g/mol. The van der Waals surface area contributed by atoms with Crippen LogP contribution in [0.5, 0.6) is 0 Å². The minimum absolute atomic E-state index is 0.278. The molecule has 1 unspecified atom stereocenters. The Kier molecular flexibility index (Phi) is 4.57. The monoisotopic (exact) mass is 156 g/mol. The minimum Gasteiger partial charge on any atom is -0.633 e. The van der Waals surface area contributed by atoms with E-state index in [1.54, 1.807) is 19.2 Å². The third-order valence-electron chi connectivity index (χ3n) is 1.43. The van der Waals surface area contributed by atoms with Crippen molar-refractivity contribution in [2.24, 2.45) is 5.73 Å². The second-order valence-corrected chi connectivity index (χ2v) is 2.71. The van der Waals surface area contributed by atoms with Crippen LogP contribution in [0, 0.1) is 5.21 Å². The number of nitrogens with two attached hydrogens (primary N) is 1. The van der Waals surface area contributed by atoms with Crippen molar-refractivity contribution >= 4 is 0 Å². The summed E-state index contributed by atoms with van der Waals surface area (Å²) >= 11 is 0. The number of quaternary nitrogens is 1. The highest BCUT2D eigenvalue weighted by Gasteiger charge is 2.04. The summed E-state index contributed by atoms with van der Waals surface area (Å²) in [6, 6.07) is 0. The van der Waals surface area contributed by atoms with Crippen molar-refractivity contribution in [3.05, 3.63) is 30.1 Å². The second kappa shape index (κ2) is 4.93. The summed E-state index contributed by atoms with van der Waals surface area (Å²) in [5.74, 6) is 0. The molecule has 3 heteroatoms. The van der Waals surface area contributed by atoms with Gasteiger partial charge in [-0.05, 0) is 12.3 Å². The topological polar surface area (TPSA) is 49.1 Å². The van der Waals surface area contributed by atoms with Gasteiger partial charge in [0.05, 0.1) is 20.1 Å². The van der Waals surface area contributed by atoms with E-state index in [2.05, 4.69) is 6.58 Å². The number of hydrogen-bond acceptors (Lipinski definition) is 2. The van der Waals surface area contributed by atoms with E-state index in [1.165, 1.54) is 6.20 Å². The summed E-state index contributed by atoms with van der Waals surface area (Å²) in [5.41, 5.74) is 5.11. The number of nitrogens with zero attached hydrogens (tertiary/aromatic N) is 1. The smallest absolute Gasteiger partial charge is 0.0986 e. The van der Waals surface area contributed by atoms with Crippen LogP contribution in [-0.4, -0.2) is 24.8 Å². The molecule has 0 aliphatic heterocycles. The van der Waals surface area contributed by atoms with Gasteiger partial charge in [-0.15, -0.1) is 6.58 Å². The van der Waals surface area contributed by atoms with Crippen LogP contribution in [0.1, 0.15) is 6.42 Å². The lowest BCUT2D eigenvalue weighted by Crippen LogP contribution is -2.38. The number of rotatable bonds is 5. The van der Waals surface area contributed by atoms with Gasteiger partial charge in [-0.2, -0.15) is 0 Å². The Morgan fingerprint density at radius 2 is 2.27 bits per heavy atom. The molecule has 0 aliphatic carbocycles. The molecule has 11 heavy (non-hydrogen) atoms. The zero-order valence-corrected chi connectivity index (χ0v) is 6.99. The molecule has 2 N–H and O–H groups in total. The Hall–Kier alpha value is -0.800. The Bertz CT molecular complexity index is 141. The van der Waals surface area contributed by atoms with Crippen molar-refractivity contribution in [2.45, 2.75) is 6.42 Å². The van der Waals surface area contributed by atoms with E-state index < -0.39 is 0 Å². The SMILES string of the molecule is C=CCC[N+](C)([O-])CC=CN. The largest absolute Gasteiger partial charge is 0.633 e. The highest BCUT2D eigenvalue weighted by molar-refractivity contribution is 4.76. The predicted molar refractivity (Wildman–Crippen MR) is 47.4 cm³/mol. The first-order valence-corrected chi connectivity index (χ1v) is 3.65. The third-order valence-corrected chi connectivity index (χ3v) is 1.43. The van der Waals surface area contributed by atoms with Crippen molar-refractivity contribution in [1.82, 2.24) is 0 Å². The molecule has 0 radical (unpaired) electrons. The van der Waals surface area contributed by atoms with Gasteiger partial charge in [0.25, 0.3) is 0 Å². The molecule has 0 bridgehead atoms. The van der Waals surface area contributed by atoms with Gasteiger partial charge in [0, 0.05) is 6.42 Å². The molecule has 0 aromatic rings. The summed E-state index contributed by atoms with van der Waals surface area (Å²) in [6.07, 6.45) is 5.58. The van der Waals surface area contributed by atoms with Crippen LogP contribution >= 0.6 is 0 Å². The molecule has 1 atom stereocenters. The van der Waals surface area contributed by atoms with Crippen LogP contribution in [0.4, 0.5) is 0 Å². The first kappa shape index (κ1) is 10.2. The maximum atomic E-state index is 11.4. The van der Waals surface area contributed by atoms with Gasteiger partial charge in [0.2, 0.25) is 0 Å². The lowest BCUT2D eigenvalue weighted by molar-refractivity contribution is -0.854. The van der Waals surface area contributed by atoms with Gasteiger partial charge in [-0.3, -0.25) is 0 Å². The summed E-state index contributed by atoms with van der Waals surface area (Å²) in [7, 11) is 1.63. The fourth-order valence-electron chi connectivity index (χ4n) is 0.740. The van der Waals surface area contributed by atoms with Gasteiger partial charge in [0.15, 0.2) is 0 Å². The first-order valence-electron chi connectivity index (χ1n) is 3.65. The molecule has 64 valence electrons. The lowest BCUT2D eigenvalue weighted by atomic mass is 10.4. The summed E-state index contributed by atoms with van der Waals surface area (Å²) < 4.78 is -0.278. The summed E-state index contributed by atoms with van der Waals surface area (Å²) in [4.78, 5) is 0. The van der Waals surface area contributed by atoms with E-state index in [4.69, 9.17) is 5.73 Å². The molecule has 0 saturated heterocycles. The van der Waals surface area contributed by atoms with E-state index >= 15 is 0 Å². The van der Waals surface area contributed by atoms with E-state index in [-0.39, 0.29) is 4.65 Å². The molecule has 0 rings (SSSR count). The van der Waals surface area contributed by atoms with E-state index in [0.717, 1.165) is 6.42 Å². The highest BCUT2D eigenvalue weighted by Crippen LogP contribution is 2.00. The fourth-order valence-corrected chi connectivity index (χ4v) is 0.740. The number of hydroxylamine groups is 3. The molecule has 0 spiro atoms. The van der Waals surface area contributed by atoms with E-state index in [9.17, 15) is 5.21 Å². The first-order chi connectivity index (χ1) is 5.12. The van der Waals surface area contributed by atoms with Crippen molar-refractivity contribution in [3.63, 3.8) is 0 Å². The van der Waals surface area contributed by atoms with Crippen LogP contribution in [0.3, 0.4) is 0 Å². The van der Waals surface area contributed by atoms with Crippen LogP contribution in [0.15, 0.2) is 24.9 Å².